The molecular formula is C17H25N. The van der Waals surface area contributed by atoms with Gasteiger partial charge in [-0.15, -0.1) is 0 Å². The first-order valence-electron chi connectivity index (χ1n) is 7.31. The predicted molar refractivity (Wildman–Crippen MR) is 76.3 cm³/mol. The largest absolute Gasteiger partial charge is 0.309 e. The molecule has 3 rings (SSSR count). The van der Waals surface area contributed by atoms with E-state index in [1.54, 1.807) is 0 Å². The van der Waals surface area contributed by atoms with Gasteiger partial charge >= 0.3 is 0 Å². The first-order valence-corrected chi connectivity index (χ1v) is 7.31. The second-order valence-electron chi connectivity index (χ2n) is 7.03. The van der Waals surface area contributed by atoms with E-state index in [0.717, 1.165) is 12.5 Å². The summed E-state index contributed by atoms with van der Waals surface area (Å²) in [6.45, 7) is 8.48. The molecule has 1 nitrogen and oxygen atoms in total. The lowest BCUT2D eigenvalue weighted by molar-refractivity contribution is 0.120. The van der Waals surface area contributed by atoms with Crippen molar-refractivity contribution < 1.29 is 0 Å². The smallest absolute Gasteiger partial charge is 0.0208 e. The highest BCUT2D eigenvalue weighted by Gasteiger charge is 2.60. The van der Waals surface area contributed by atoms with Gasteiger partial charge in [0.05, 0.1) is 0 Å². The monoisotopic (exact) mass is 243 g/mol. The summed E-state index contributed by atoms with van der Waals surface area (Å²) in [7, 11) is 0. The van der Waals surface area contributed by atoms with E-state index in [2.05, 4.69) is 56.4 Å². The van der Waals surface area contributed by atoms with Gasteiger partial charge in [-0.25, -0.2) is 0 Å². The Morgan fingerprint density at radius 1 is 1.17 bits per heavy atom. The molecule has 2 saturated carbocycles. The van der Waals surface area contributed by atoms with Gasteiger partial charge in [0.25, 0.3) is 0 Å². The maximum atomic E-state index is 3.83. The van der Waals surface area contributed by atoms with Crippen LogP contribution in [0.3, 0.4) is 0 Å². The van der Waals surface area contributed by atoms with Crippen molar-refractivity contribution in [1.82, 2.24) is 5.32 Å². The first kappa shape index (κ1) is 12.2. The predicted octanol–water partition coefficient (Wildman–Crippen LogP) is 3.99. The maximum absolute atomic E-state index is 3.83. The number of nitrogens with one attached hydrogen (secondary N) is 1. The summed E-state index contributed by atoms with van der Waals surface area (Å²) in [6.07, 6.45) is 4.21. The Morgan fingerprint density at radius 2 is 1.89 bits per heavy atom. The van der Waals surface area contributed by atoms with Gasteiger partial charge in [-0.3, -0.25) is 0 Å². The summed E-state index contributed by atoms with van der Waals surface area (Å²) < 4.78 is 0. The van der Waals surface area contributed by atoms with Crippen LogP contribution in [-0.4, -0.2) is 6.04 Å². The molecule has 0 aromatic heterocycles. The summed E-state index contributed by atoms with van der Waals surface area (Å²) in [6, 6.07) is 11.5. The lowest BCUT2D eigenvalue weighted by atomic mass is 9.69. The third-order valence-electron chi connectivity index (χ3n) is 6.19. The fourth-order valence-electron chi connectivity index (χ4n) is 4.35. The van der Waals surface area contributed by atoms with Crippen LogP contribution in [0.4, 0.5) is 0 Å². The normalized spacial score (nSPS) is 37.1. The van der Waals surface area contributed by atoms with E-state index < -0.39 is 0 Å². The van der Waals surface area contributed by atoms with Crippen LogP contribution in [0, 0.1) is 16.7 Å². The fourth-order valence-corrected chi connectivity index (χ4v) is 4.35. The molecule has 98 valence electrons. The molecule has 2 aliphatic rings. The van der Waals surface area contributed by atoms with Crippen LogP contribution in [0.1, 0.15) is 45.6 Å². The van der Waals surface area contributed by atoms with Crippen LogP contribution in [0.5, 0.6) is 0 Å². The highest BCUT2D eigenvalue weighted by Crippen LogP contribution is 2.65. The summed E-state index contributed by atoms with van der Waals surface area (Å²) in [5, 5.41) is 3.83. The molecule has 1 N–H and O–H groups in total. The Labute approximate surface area is 111 Å². The summed E-state index contributed by atoms with van der Waals surface area (Å²) in [5.41, 5.74) is 2.41. The molecule has 0 aliphatic heterocycles. The van der Waals surface area contributed by atoms with Gasteiger partial charge in [-0.2, -0.15) is 0 Å². The Kier molecular flexibility index (Phi) is 2.78. The van der Waals surface area contributed by atoms with E-state index in [1.165, 1.54) is 24.8 Å². The Balaban J connectivity index is 1.69. The zero-order chi connectivity index (χ0) is 12.8. The van der Waals surface area contributed by atoms with Crippen LogP contribution in [0.2, 0.25) is 0 Å². The van der Waals surface area contributed by atoms with Gasteiger partial charge in [-0.05, 0) is 41.6 Å². The molecule has 3 atom stereocenters. The minimum Gasteiger partial charge on any atom is -0.309 e. The first-order chi connectivity index (χ1) is 8.54. The van der Waals surface area contributed by atoms with Crippen molar-refractivity contribution >= 4 is 0 Å². The highest BCUT2D eigenvalue weighted by atomic mass is 15.0. The number of rotatable bonds is 3. The Morgan fingerprint density at radius 3 is 2.44 bits per heavy atom. The molecule has 1 heteroatoms. The summed E-state index contributed by atoms with van der Waals surface area (Å²) in [5.74, 6) is 0.927. The molecule has 1 aromatic carbocycles. The number of hydrogen-bond acceptors (Lipinski definition) is 1. The molecule has 0 radical (unpaired) electrons. The minimum absolute atomic E-state index is 0.493. The second-order valence-corrected chi connectivity index (χ2v) is 7.03. The number of benzene rings is 1. The van der Waals surface area contributed by atoms with E-state index in [1.807, 2.05) is 0 Å². The van der Waals surface area contributed by atoms with Crippen LogP contribution < -0.4 is 5.32 Å². The number of hydrogen-bond donors (Lipinski definition) is 1. The highest BCUT2D eigenvalue weighted by molar-refractivity contribution is 5.17. The van der Waals surface area contributed by atoms with Crippen molar-refractivity contribution in [2.45, 2.75) is 52.6 Å². The SMILES string of the molecule is CC1(C)[C@H]2CC[C@@]1(C)[C@@H](NCc1ccccc1)C2. The molecule has 2 bridgehead atoms. The molecule has 0 unspecified atom stereocenters. The van der Waals surface area contributed by atoms with Crippen molar-refractivity contribution in [2.75, 3.05) is 0 Å². The van der Waals surface area contributed by atoms with Crippen molar-refractivity contribution in [3.8, 4) is 0 Å². The van der Waals surface area contributed by atoms with Gasteiger partial charge in [-0.1, -0.05) is 51.1 Å². The molecule has 2 fully saturated rings. The van der Waals surface area contributed by atoms with E-state index in [-0.39, 0.29) is 0 Å². The zero-order valence-corrected chi connectivity index (χ0v) is 11.9. The minimum atomic E-state index is 0.493. The molecule has 0 spiro atoms. The number of fused-ring (bicyclic) bond motifs is 2. The van der Waals surface area contributed by atoms with E-state index in [9.17, 15) is 0 Å². The van der Waals surface area contributed by atoms with Crippen molar-refractivity contribution in [3.63, 3.8) is 0 Å². The topological polar surface area (TPSA) is 12.0 Å². The van der Waals surface area contributed by atoms with Crippen LogP contribution in [0.15, 0.2) is 30.3 Å². The fraction of sp³-hybridized carbons (Fsp3) is 0.647. The van der Waals surface area contributed by atoms with Gasteiger partial charge in [0.15, 0.2) is 0 Å². The molecule has 0 heterocycles. The van der Waals surface area contributed by atoms with Gasteiger partial charge in [0.2, 0.25) is 0 Å². The molecule has 1 aromatic rings. The molecule has 18 heavy (non-hydrogen) atoms. The average molecular weight is 243 g/mol. The zero-order valence-electron chi connectivity index (χ0n) is 11.9. The van der Waals surface area contributed by atoms with E-state index >= 15 is 0 Å². The van der Waals surface area contributed by atoms with E-state index in [0.29, 0.717) is 16.9 Å². The lowest BCUT2D eigenvalue weighted by Gasteiger charge is -2.39. The second kappa shape index (κ2) is 4.09. The van der Waals surface area contributed by atoms with Gasteiger partial charge < -0.3 is 5.32 Å². The van der Waals surface area contributed by atoms with Gasteiger partial charge in [0.1, 0.15) is 0 Å². The molecule has 0 saturated heterocycles. The van der Waals surface area contributed by atoms with Crippen LogP contribution >= 0.6 is 0 Å². The van der Waals surface area contributed by atoms with Crippen LogP contribution in [0.25, 0.3) is 0 Å². The summed E-state index contributed by atoms with van der Waals surface area (Å²) >= 11 is 0. The average Bonchev–Trinajstić information content (AvgIpc) is 2.70. The summed E-state index contributed by atoms with van der Waals surface area (Å²) in [4.78, 5) is 0. The maximum Gasteiger partial charge on any atom is 0.0208 e. The van der Waals surface area contributed by atoms with Crippen molar-refractivity contribution in [3.05, 3.63) is 35.9 Å². The molecular weight excluding hydrogens is 218 g/mol. The molecule has 0 amide bonds. The third kappa shape index (κ3) is 1.64. The van der Waals surface area contributed by atoms with Crippen molar-refractivity contribution in [1.29, 1.82) is 0 Å². The van der Waals surface area contributed by atoms with Crippen molar-refractivity contribution in [2.24, 2.45) is 16.7 Å². The van der Waals surface area contributed by atoms with E-state index in [4.69, 9.17) is 0 Å². The standard InChI is InChI=1S/C17H25N/c1-16(2)14-9-10-17(16,3)15(11-14)18-12-13-7-5-4-6-8-13/h4-8,14-15,18H,9-12H2,1-3H3/t14-,15-,17-/m0/s1. The quantitative estimate of drug-likeness (QED) is 0.846. The molecule has 2 aliphatic carbocycles. The van der Waals surface area contributed by atoms with Crippen LogP contribution in [-0.2, 0) is 6.54 Å². The third-order valence-corrected chi connectivity index (χ3v) is 6.19. The Bertz CT molecular complexity index is 422. The Hall–Kier alpha value is -0.820. The van der Waals surface area contributed by atoms with Gasteiger partial charge in [0, 0.05) is 12.6 Å². The lowest BCUT2D eigenvalue weighted by Crippen LogP contribution is -2.44.